The van der Waals surface area contributed by atoms with Gasteiger partial charge in [0.15, 0.2) is 0 Å². The summed E-state index contributed by atoms with van der Waals surface area (Å²) in [6.07, 6.45) is 4.18. The summed E-state index contributed by atoms with van der Waals surface area (Å²) in [5.74, 6) is 1.80. The SMILES string of the molecule is CCn1nc(C)c(Br)c1CNCC1CCC(C)C1. The molecule has 0 aromatic carbocycles. The summed E-state index contributed by atoms with van der Waals surface area (Å²) in [4.78, 5) is 0. The topological polar surface area (TPSA) is 29.9 Å². The van der Waals surface area contributed by atoms with Crippen LogP contribution in [0.1, 0.15) is 44.5 Å². The van der Waals surface area contributed by atoms with Gasteiger partial charge in [-0.15, -0.1) is 0 Å². The number of aromatic nitrogens is 2. The number of nitrogens with zero attached hydrogens (tertiary/aromatic N) is 2. The predicted octanol–water partition coefficient (Wildman–Crippen LogP) is 3.50. The molecule has 3 nitrogen and oxygen atoms in total. The molecule has 1 fully saturated rings. The fourth-order valence-electron chi connectivity index (χ4n) is 2.94. The van der Waals surface area contributed by atoms with Gasteiger partial charge in [-0.3, -0.25) is 4.68 Å². The summed E-state index contributed by atoms with van der Waals surface area (Å²) in [5, 5.41) is 8.12. The molecular formula is C14H24BrN3. The Hall–Kier alpha value is -0.350. The maximum Gasteiger partial charge on any atom is 0.0739 e. The molecule has 1 aromatic heterocycles. The van der Waals surface area contributed by atoms with E-state index in [1.54, 1.807) is 0 Å². The highest BCUT2D eigenvalue weighted by atomic mass is 79.9. The minimum atomic E-state index is 0.873. The average molecular weight is 314 g/mol. The second-order valence-electron chi connectivity index (χ2n) is 5.58. The summed E-state index contributed by atoms with van der Waals surface area (Å²) in [6, 6.07) is 0. The molecule has 1 heterocycles. The molecule has 1 N–H and O–H groups in total. The third kappa shape index (κ3) is 3.15. The van der Waals surface area contributed by atoms with Gasteiger partial charge in [0.05, 0.1) is 15.9 Å². The Morgan fingerprint density at radius 2 is 2.22 bits per heavy atom. The minimum absolute atomic E-state index is 0.873. The molecular weight excluding hydrogens is 290 g/mol. The van der Waals surface area contributed by atoms with Crippen LogP contribution < -0.4 is 5.32 Å². The van der Waals surface area contributed by atoms with Crippen molar-refractivity contribution in [2.24, 2.45) is 11.8 Å². The van der Waals surface area contributed by atoms with E-state index in [1.165, 1.54) is 25.0 Å². The number of aryl methyl sites for hydroxylation is 2. The van der Waals surface area contributed by atoms with Crippen molar-refractivity contribution >= 4 is 15.9 Å². The fraction of sp³-hybridized carbons (Fsp3) is 0.786. The van der Waals surface area contributed by atoms with Crippen molar-refractivity contribution in [3.63, 3.8) is 0 Å². The van der Waals surface area contributed by atoms with E-state index in [1.807, 2.05) is 0 Å². The van der Waals surface area contributed by atoms with E-state index in [0.29, 0.717) is 0 Å². The lowest BCUT2D eigenvalue weighted by Crippen LogP contribution is -2.22. The predicted molar refractivity (Wildman–Crippen MR) is 78.5 cm³/mol. The first-order valence-electron chi connectivity index (χ1n) is 7.04. The maximum absolute atomic E-state index is 4.52. The van der Waals surface area contributed by atoms with Crippen LogP contribution in [-0.2, 0) is 13.1 Å². The van der Waals surface area contributed by atoms with Crippen LogP contribution in [0, 0.1) is 18.8 Å². The summed E-state index contributed by atoms with van der Waals surface area (Å²) in [5.41, 5.74) is 2.36. The fourth-order valence-corrected chi connectivity index (χ4v) is 3.37. The first-order valence-corrected chi connectivity index (χ1v) is 7.83. The third-order valence-corrected chi connectivity index (χ3v) is 5.01. The summed E-state index contributed by atoms with van der Waals surface area (Å²) >= 11 is 3.64. The van der Waals surface area contributed by atoms with Gasteiger partial charge in [0.2, 0.25) is 0 Å². The highest BCUT2D eigenvalue weighted by Gasteiger charge is 2.21. The smallest absolute Gasteiger partial charge is 0.0739 e. The van der Waals surface area contributed by atoms with Crippen molar-refractivity contribution in [3.05, 3.63) is 15.9 Å². The first kappa shape index (κ1) is 14.1. The molecule has 0 spiro atoms. The van der Waals surface area contributed by atoms with Crippen LogP contribution in [0.15, 0.2) is 4.47 Å². The molecule has 2 rings (SSSR count). The van der Waals surface area contributed by atoms with Gasteiger partial charge in [-0.05, 0) is 61.0 Å². The Balaban J connectivity index is 1.86. The quantitative estimate of drug-likeness (QED) is 0.901. The second-order valence-corrected chi connectivity index (χ2v) is 6.37. The van der Waals surface area contributed by atoms with Gasteiger partial charge in [-0.25, -0.2) is 0 Å². The Bertz CT molecular complexity index is 400. The van der Waals surface area contributed by atoms with Crippen molar-refractivity contribution in [2.75, 3.05) is 6.54 Å². The van der Waals surface area contributed by atoms with E-state index in [2.05, 4.69) is 51.8 Å². The summed E-state index contributed by atoms with van der Waals surface area (Å²) in [7, 11) is 0. The molecule has 2 atom stereocenters. The molecule has 1 aromatic rings. The lowest BCUT2D eigenvalue weighted by molar-refractivity contribution is 0.461. The van der Waals surface area contributed by atoms with Crippen molar-refractivity contribution in [2.45, 2.75) is 53.1 Å². The molecule has 18 heavy (non-hydrogen) atoms. The van der Waals surface area contributed by atoms with Gasteiger partial charge in [0.1, 0.15) is 0 Å². The Kier molecular flexibility index (Phi) is 4.84. The molecule has 4 heteroatoms. The van der Waals surface area contributed by atoms with Gasteiger partial charge < -0.3 is 5.32 Å². The molecule has 0 saturated heterocycles. The van der Waals surface area contributed by atoms with Crippen molar-refractivity contribution in [1.82, 2.24) is 15.1 Å². The van der Waals surface area contributed by atoms with E-state index in [-0.39, 0.29) is 0 Å². The van der Waals surface area contributed by atoms with Gasteiger partial charge in [0, 0.05) is 13.1 Å². The van der Waals surface area contributed by atoms with Crippen molar-refractivity contribution < 1.29 is 0 Å². The second kappa shape index (κ2) is 6.20. The molecule has 0 aliphatic heterocycles. The van der Waals surface area contributed by atoms with Gasteiger partial charge in [-0.2, -0.15) is 5.10 Å². The van der Waals surface area contributed by atoms with Crippen LogP contribution in [-0.4, -0.2) is 16.3 Å². The summed E-state index contributed by atoms with van der Waals surface area (Å²) < 4.78 is 3.25. The normalized spacial score (nSPS) is 23.8. The largest absolute Gasteiger partial charge is 0.311 e. The molecule has 1 aliphatic carbocycles. The van der Waals surface area contributed by atoms with Crippen LogP contribution in [0.5, 0.6) is 0 Å². The van der Waals surface area contributed by atoms with E-state index in [9.17, 15) is 0 Å². The molecule has 102 valence electrons. The standard InChI is InChI=1S/C14H24BrN3/c1-4-18-13(14(15)11(3)17-18)9-16-8-12-6-5-10(2)7-12/h10,12,16H,4-9H2,1-3H3. The molecule has 1 saturated carbocycles. The molecule has 1 aliphatic rings. The zero-order valence-electron chi connectivity index (χ0n) is 11.7. The highest BCUT2D eigenvalue weighted by molar-refractivity contribution is 9.10. The van der Waals surface area contributed by atoms with Crippen LogP contribution in [0.4, 0.5) is 0 Å². The Morgan fingerprint density at radius 1 is 1.44 bits per heavy atom. The van der Waals surface area contributed by atoms with Crippen LogP contribution in [0.3, 0.4) is 0 Å². The average Bonchev–Trinajstić information content (AvgIpc) is 2.87. The van der Waals surface area contributed by atoms with Gasteiger partial charge in [-0.1, -0.05) is 13.3 Å². The number of hydrogen-bond donors (Lipinski definition) is 1. The van der Waals surface area contributed by atoms with Crippen molar-refractivity contribution in [3.8, 4) is 0 Å². The molecule has 0 amide bonds. The van der Waals surface area contributed by atoms with Crippen LogP contribution in [0.2, 0.25) is 0 Å². The minimum Gasteiger partial charge on any atom is -0.311 e. The number of hydrogen-bond acceptors (Lipinski definition) is 2. The molecule has 2 unspecified atom stereocenters. The molecule has 0 bridgehead atoms. The first-order chi connectivity index (χ1) is 8.61. The number of rotatable bonds is 5. The van der Waals surface area contributed by atoms with E-state index in [4.69, 9.17) is 0 Å². The number of halogens is 1. The summed E-state index contributed by atoms with van der Waals surface area (Å²) in [6.45, 7) is 9.56. The Morgan fingerprint density at radius 3 is 2.83 bits per heavy atom. The monoisotopic (exact) mass is 313 g/mol. The lowest BCUT2D eigenvalue weighted by Gasteiger charge is -2.12. The zero-order chi connectivity index (χ0) is 13.1. The zero-order valence-corrected chi connectivity index (χ0v) is 13.3. The van der Waals surface area contributed by atoms with E-state index in [0.717, 1.165) is 41.6 Å². The van der Waals surface area contributed by atoms with Gasteiger partial charge in [0.25, 0.3) is 0 Å². The van der Waals surface area contributed by atoms with Crippen molar-refractivity contribution in [1.29, 1.82) is 0 Å². The number of nitrogens with one attached hydrogen (secondary N) is 1. The van der Waals surface area contributed by atoms with E-state index >= 15 is 0 Å². The third-order valence-electron chi connectivity index (χ3n) is 3.98. The van der Waals surface area contributed by atoms with Gasteiger partial charge >= 0.3 is 0 Å². The Labute approximate surface area is 118 Å². The van der Waals surface area contributed by atoms with Crippen LogP contribution in [0.25, 0.3) is 0 Å². The van der Waals surface area contributed by atoms with Crippen LogP contribution >= 0.6 is 15.9 Å². The van der Waals surface area contributed by atoms with E-state index < -0.39 is 0 Å². The maximum atomic E-state index is 4.52. The lowest BCUT2D eigenvalue weighted by atomic mass is 10.1. The highest BCUT2D eigenvalue weighted by Crippen LogP contribution is 2.29. The molecule has 0 radical (unpaired) electrons.